The van der Waals surface area contributed by atoms with Gasteiger partial charge in [-0.1, -0.05) is 25.0 Å². The highest BCUT2D eigenvalue weighted by Gasteiger charge is 2.26. The molecule has 0 saturated carbocycles. The monoisotopic (exact) mass is 317 g/mol. The average Bonchev–Trinajstić information content (AvgIpc) is 2.77. The van der Waals surface area contributed by atoms with Gasteiger partial charge in [-0.3, -0.25) is 9.59 Å². The van der Waals surface area contributed by atoms with E-state index >= 15 is 0 Å². The van der Waals surface area contributed by atoms with Gasteiger partial charge in [0.05, 0.1) is 6.42 Å². The lowest BCUT2D eigenvalue weighted by atomic mass is 9.92. The van der Waals surface area contributed by atoms with Gasteiger partial charge in [0.15, 0.2) is 5.78 Å². The summed E-state index contributed by atoms with van der Waals surface area (Å²) in [5, 5.41) is 9.19. The van der Waals surface area contributed by atoms with Gasteiger partial charge < -0.3 is 10.0 Å². The molecule has 4 heteroatoms. The third-order valence-corrected chi connectivity index (χ3v) is 4.76. The van der Waals surface area contributed by atoms with Crippen LogP contribution in [-0.4, -0.2) is 41.4 Å². The van der Waals surface area contributed by atoms with E-state index in [4.69, 9.17) is 0 Å². The first-order valence-corrected chi connectivity index (χ1v) is 8.53. The Morgan fingerprint density at radius 2 is 1.74 bits per heavy atom. The number of carbonyl (C=O) groups excluding carboxylic acids is 1. The normalized spacial score (nSPS) is 17.5. The van der Waals surface area contributed by atoms with E-state index in [1.165, 1.54) is 12.8 Å². The van der Waals surface area contributed by atoms with Crippen LogP contribution in [0.4, 0.5) is 0 Å². The van der Waals surface area contributed by atoms with Crippen LogP contribution in [-0.2, 0) is 4.79 Å². The number of hydrogen-bond donors (Lipinski definition) is 1. The smallest absolute Gasteiger partial charge is 0.304 e. The van der Waals surface area contributed by atoms with Gasteiger partial charge >= 0.3 is 5.97 Å². The van der Waals surface area contributed by atoms with E-state index in [0.29, 0.717) is 12.1 Å². The molecule has 1 heterocycles. The van der Waals surface area contributed by atoms with E-state index in [-0.39, 0.29) is 12.2 Å². The van der Waals surface area contributed by atoms with Gasteiger partial charge in [0, 0.05) is 18.0 Å². The van der Waals surface area contributed by atoms with E-state index in [2.05, 4.69) is 4.90 Å². The molecule has 1 unspecified atom stereocenters. The number of benzene rings is 1. The summed E-state index contributed by atoms with van der Waals surface area (Å²) in [4.78, 5) is 26.3. The summed E-state index contributed by atoms with van der Waals surface area (Å²) < 4.78 is 0. The van der Waals surface area contributed by atoms with Crippen molar-refractivity contribution < 1.29 is 14.7 Å². The van der Waals surface area contributed by atoms with Crippen LogP contribution in [0.15, 0.2) is 18.2 Å². The molecular weight excluding hydrogens is 290 g/mol. The highest BCUT2D eigenvalue weighted by molar-refractivity contribution is 5.99. The summed E-state index contributed by atoms with van der Waals surface area (Å²) in [7, 11) is 0. The van der Waals surface area contributed by atoms with E-state index in [1.807, 2.05) is 32.0 Å². The van der Waals surface area contributed by atoms with Crippen molar-refractivity contribution in [1.82, 2.24) is 4.90 Å². The third-order valence-electron chi connectivity index (χ3n) is 4.76. The van der Waals surface area contributed by atoms with Crippen LogP contribution in [0.2, 0.25) is 0 Å². The zero-order valence-electron chi connectivity index (χ0n) is 14.2. The fourth-order valence-electron chi connectivity index (χ4n) is 3.21. The predicted octanol–water partition coefficient (Wildman–Crippen LogP) is 3.45. The molecule has 0 bridgehead atoms. The number of aliphatic carboxylic acids is 1. The van der Waals surface area contributed by atoms with Crippen molar-refractivity contribution in [3.05, 3.63) is 34.9 Å². The number of carboxylic acids is 1. The molecule has 0 spiro atoms. The van der Waals surface area contributed by atoms with Crippen molar-refractivity contribution in [3.8, 4) is 0 Å². The number of Topliss-reactive ketones (excluding diaryl/α,β-unsaturated/α-hetero) is 1. The SMILES string of the molecule is Cc1ccc(C(=O)C(CC(=O)O)CN2CCCCCC2)cc1C. The second-order valence-corrected chi connectivity index (χ2v) is 6.67. The summed E-state index contributed by atoms with van der Waals surface area (Å²) in [5.41, 5.74) is 2.85. The molecule has 0 amide bonds. The lowest BCUT2D eigenvalue weighted by molar-refractivity contribution is -0.137. The highest BCUT2D eigenvalue weighted by atomic mass is 16.4. The Labute approximate surface area is 138 Å². The minimum atomic E-state index is -0.901. The Balaban J connectivity index is 2.13. The molecule has 23 heavy (non-hydrogen) atoms. The second-order valence-electron chi connectivity index (χ2n) is 6.67. The number of carboxylic acid groups (broad SMARTS) is 1. The maximum absolute atomic E-state index is 12.8. The fraction of sp³-hybridized carbons (Fsp3) is 0.579. The number of likely N-dealkylation sites (tertiary alicyclic amines) is 1. The van der Waals surface area contributed by atoms with E-state index in [0.717, 1.165) is 37.1 Å². The van der Waals surface area contributed by atoms with Crippen molar-refractivity contribution in [2.45, 2.75) is 46.0 Å². The highest BCUT2D eigenvalue weighted by Crippen LogP contribution is 2.19. The zero-order chi connectivity index (χ0) is 16.8. The first-order valence-electron chi connectivity index (χ1n) is 8.53. The molecule has 1 aliphatic rings. The molecule has 1 aromatic carbocycles. The van der Waals surface area contributed by atoms with Gasteiger partial charge in [0.25, 0.3) is 0 Å². The molecule has 0 aliphatic carbocycles. The number of aryl methyl sites for hydroxylation is 2. The number of hydrogen-bond acceptors (Lipinski definition) is 3. The zero-order valence-corrected chi connectivity index (χ0v) is 14.2. The van der Waals surface area contributed by atoms with Crippen LogP contribution in [0.5, 0.6) is 0 Å². The van der Waals surface area contributed by atoms with E-state index in [9.17, 15) is 14.7 Å². The summed E-state index contributed by atoms with van der Waals surface area (Å²) in [6.07, 6.45) is 4.63. The molecule has 1 saturated heterocycles. The summed E-state index contributed by atoms with van der Waals surface area (Å²) in [6.45, 7) is 6.48. The van der Waals surface area contributed by atoms with Crippen LogP contribution in [0.1, 0.15) is 53.6 Å². The molecule has 0 radical (unpaired) electrons. The van der Waals surface area contributed by atoms with Crippen molar-refractivity contribution >= 4 is 11.8 Å². The van der Waals surface area contributed by atoms with Gasteiger partial charge in [0.2, 0.25) is 0 Å². The van der Waals surface area contributed by atoms with Crippen LogP contribution in [0.25, 0.3) is 0 Å². The van der Waals surface area contributed by atoms with Crippen molar-refractivity contribution in [3.63, 3.8) is 0 Å². The molecule has 1 fully saturated rings. The Morgan fingerprint density at radius 3 is 2.30 bits per heavy atom. The molecule has 1 aliphatic heterocycles. The summed E-state index contributed by atoms with van der Waals surface area (Å²) in [5.74, 6) is -1.41. The minimum absolute atomic E-state index is 0.0419. The van der Waals surface area contributed by atoms with E-state index in [1.54, 1.807) is 0 Å². The molecule has 4 nitrogen and oxygen atoms in total. The van der Waals surface area contributed by atoms with Gasteiger partial charge in [0.1, 0.15) is 0 Å². The molecule has 2 rings (SSSR count). The maximum atomic E-state index is 12.8. The quantitative estimate of drug-likeness (QED) is 0.816. The van der Waals surface area contributed by atoms with Crippen LogP contribution in [0, 0.1) is 19.8 Å². The van der Waals surface area contributed by atoms with Crippen LogP contribution >= 0.6 is 0 Å². The average molecular weight is 317 g/mol. The first kappa shape index (κ1) is 17.7. The van der Waals surface area contributed by atoms with Crippen molar-refractivity contribution in [2.75, 3.05) is 19.6 Å². The maximum Gasteiger partial charge on any atom is 0.304 e. The van der Waals surface area contributed by atoms with E-state index < -0.39 is 11.9 Å². The number of nitrogens with zero attached hydrogens (tertiary/aromatic N) is 1. The minimum Gasteiger partial charge on any atom is -0.481 e. The lowest BCUT2D eigenvalue weighted by Gasteiger charge is -2.25. The summed E-state index contributed by atoms with van der Waals surface area (Å²) >= 11 is 0. The Morgan fingerprint density at radius 1 is 1.09 bits per heavy atom. The molecule has 0 aromatic heterocycles. The molecule has 1 atom stereocenters. The third kappa shape index (κ3) is 5.17. The lowest BCUT2D eigenvalue weighted by Crippen LogP contribution is -2.35. The summed E-state index contributed by atoms with van der Waals surface area (Å²) in [6, 6.07) is 5.64. The Kier molecular flexibility index (Phi) is 6.34. The van der Waals surface area contributed by atoms with Crippen molar-refractivity contribution in [2.24, 2.45) is 5.92 Å². The number of rotatable bonds is 6. The standard InChI is InChI=1S/C19H27NO3/c1-14-7-8-16(11-15(14)2)19(23)17(12-18(21)22)13-20-9-5-3-4-6-10-20/h7-8,11,17H,3-6,9-10,12-13H2,1-2H3,(H,21,22). The van der Waals surface area contributed by atoms with Gasteiger partial charge in [-0.25, -0.2) is 0 Å². The number of carbonyl (C=O) groups is 2. The Hall–Kier alpha value is -1.68. The van der Waals surface area contributed by atoms with Gasteiger partial charge in [-0.2, -0.15) is 0 Å². The topological polar surface area (TPSA) is 57.6 Å². The number of ketones is 1. The molecular formula is C19H27NO3. The molecule has 1 aromatic rings. The van der Waals surface area contributed by atoms with Gasteiger partial charge in [-0.15, -0.1) is 0 Å². The molecule has 1 N–H and O–H groups in total. The largest absolute Gasteiger partial charge is 0.481 e. The second kappa shape index (κ2) is 8.25. The first-order chi connectivity index (χ1) is 11.0. The van der Waals surface area contributed by atoms with Crippen LogP contribution in [0.3, 0.4) is 0 Å². The predicted molar refractivity (Wildman–Crippen MR) is 90.9 cm³/mol. The molecule has 126 valence electrons. The van der Waals surface area contributed by atoms with Gasteiger partial charge in [-0.05, 0) is 57.0 Å². The fourth-order valence-corrected chi connectivity index (χ4v) is 3.21. The Bertz CT molecular complexity index is 560. The van der Waals surface area contributed by atoms with Crippen LogP contribution < -0.4 is 0 Å². The van der Waals surface area contributed by atoms with Crippen molar-refractivity contribution in [1.29, 1.82) is 0 Å².